The summed E-state index contributed by atoms with van der Waals surface area (Å²) in [5.41, 5.74) is 3.66. The molecule has 0 aliphatic rings. The van der Waals surface area contributed by atoms with Crippen molar-refractivity contribution < 1.29 is 9.53 Å². The van der Waals surface area contributed by atoms with E-state index in [2.05, 4.69) is 18.9 Å². The van der Waals surface area contributed by atoms with E-state index in [1.807, 2.05) is 13.8 Å². The van der Waals surface area contributed by atoms with Gasteiger partial charge in [0.2, 0.25) is 0 Å². The van der Waals surface area contributed by atoms with Gasteiger partial charge in [-0.2, -0.15) is 5.10 Å². The lowest BCUT2D eigenvalue weighted by Gasteiger charge is -2.09. The molecular formula is C17H22N2O2. The minimum Gasteiger partial charge on any atom is -0.497 e. The van der Waals surface area contributed by atoms with E-state index < -0.39 is 0 Å². The quantitative estimate of drug-likeness (QED) is 0.860. The highest BCUT2D eigenvalue weighted by Crippen LogP contribution is 2.26. The van der Waals surface area contributed by atoms with Gasteiger partial charge in [0, 0.05) is 11.3 Å². The van der Waals surface area contributed by atoms with Crippen LogP contribution < -0.4 is 4.74 Å². The molecule has 112 valence electrons. The SMILES string of the molecule is CCC(C)c1c(C)nn(C(=O)c2ccc(OC)cc2)c1C. The molecule has 0 fully saturated rings. The van der Waals surface area contributed by atoms with Gasteiger partial charge in [-0.1, -0.05) is 13.8 Å². The Bertz CT molecular complexity index is 642. The normalized spacial score (nSPS) is 12.2. The van der Waals surface area contributed by atoms with Crippen molar-refractivity contribution in [3.05, 3.63) is 46.8 Å². The topological polar surface area (TPSA) is 44.1 Å². The van der Waals surface area contributed by atoms with Gasteiger partial charge < -0.3 is 4.74 Å². The maximum absolute atomic E-state index is 12.6. The first-order valence-corrected chi connectivity index (χ1v) is 7.24. The van der Waals surface area contributed by atoms with Crippen molar-refractivity contribution in [1.29, 1.82) is 0 Å². The van der Waals surface area contributed by atoms with E-state index >= 15 is 0 Å². The zero-order valence-corrected chi connectivity index (χ0v) is 13.3. The van der Waals surface area contributed by atoms with Crippen LogP contribution in [-0.2, 0) is 0 Å². The zero-order valence-electron chi connectivity index (χ0n) is 13.3. The van der Waals surface area contributed by atoms with Gasteiger partial charge in [-0.15, -0.1) is 0 Å². The van der Waals surface area contributed by atoms with Gasteiger partial charge in [0.15, 0.2) is 0 Å². The number of hydrogen-bond donors (Lipinski definition) is 0. The van der Waals surface area contributed by atoms with Crippen molar-refractivity contribution in [1.82, 2.24) is 9.78 Å². The fourth-order valence-electron chi connectivity index (χ4n) is 2.63. The van der Waals surface area contributed by atoms with Crippen LogP contribution in [-0.4, -0.2) is 22.8 Å². The Hall–Kier alpha value is -2.10. The van der Waals surface area contributed by atoms with Crippen LogP contribution in [0.4, 0.5) is 0 Å². The molecule has 4 nitrogen and oxygen atoms in total. The van der Waals surface area contributed by atoms with E-state index in [1.54, 1.807) is 31.4 Å². The van der Waals surface area contributed by atoms with Crippen molar-refractivity contribution in [3.63, 3.8) is 0 Å². The molecule has 1 unspecified atom stereocenters. The van der Waals surface area contributed by atoms with Crippen LogP contribution in [0, 0.1) is 13.8 Å². The summed E-state index contributed by atoms with van der Waals surface area (Å²) in [6.07, 6.45) is 1.03. The average molecular weight is 286 g/mol. The first kappa shape index (κ1) is 15.3. The lowest BCUT2D eigenvalue weighted by molar-refractivity contribution is 0.0942. The molecule has 2 rings (SSSR count). The minimum absolute atomic E-state index is 0.104. The molecule has 21 heavy (non-hydrogen) atoms. The molecule has 1 aromatic heterocycles. The molecule has 2 aromatic rings. The third-order valence-corrected chi connectivity index (χ3v) is 3.98. The number of aromatic nitrogens is 2. The number of benzene rings is 1. The highest BCUT2D eigenvalue weighted by atomic mass is 16.5. The van der Waals surface area contributed by atoms with Crippen LogP contribution >= 0.6 is 0 Å². The number of carbonyl (C=O) groups is 1. The first-order valence-electron chi connectivity index (χ1n) is 7.24. The molecule has 0 spiro atoms. The van der Waals surface area contributed by atoms with Crippen LogP contribution in [0.15, 0.2) is 24.3 Å². The Morgan fingerprint density at radius 3 is 2.43 bits per heavy atom. The van der Waals surface area contributed by atoms with E-state index in [4.69, 9.17) is 4.74 Å². The van der Waals surface area contributed by atoms with Gasteiger partial charge in [0.1, 0.15) is 5.75 Å². The van der Waals surface area contributed by atoms with Crippen molar-refractivity contribution >= 4 is 5.91 Å². The maximum Gasteiger partial charge on any atom is 0.278 e. The third kappa shape index (κ3) is 2.84. The second kappa shape index (κ2) is 6.12. The Kier molecular flexibility index (Phi) is 4.46. The number of methoxy groups -OCH3 is 1. The molecule has 1 atom stereocenters. The fourth-order valence-corrected chi connectivity index (χ4v) is 2.63. The Balaban J connectivity index is 2.39. The molecule has 4 heteroatoms. The molecule has 1 heterocycles. The number of hydrogen-bond acceptors (Lipinski definition) is 3. The predicted molar refractivity (Wildman–Crippen MR) is 83.1 cm³/mol. The standard InChI is InChI=1S/C17H22N2O2/c1-6-11(2)16-12(3)18-19(13(16)4)17(20)14-7-9-15(21-5)10-8-14/h7-11H,6H2,1-5H3. The number of ether oxygens (including phenoxy) is 1. The number of nitrogens with zero attached hydrogens (tertiary/aromatic N) is 2. The highest BCUT2D eigenvalue weighted by Gasteiger charge is 2.20. The zero-order chi connectivity index (χ0) is 15.6. The predicted octanol–water partition coefficient (Wildman–Crippen LogP) is 3.71. The number of aryl methyl sites for hydroxylation is 1. The second-order valence-electron chi connectivity index (χ2n) is 5.34. The number of carbonyl (C=O) groups excluding carboxylic acids is 1. The number of rotatable bonds is 4. The molecule has 1 aromatic carbocycles. The van der Waals surface area contributed by atoms with Crippen molar-refractivity contribution in [3.8, 4) is 5.75 Å². The summed E-state index contributed by atoms with van der Waals surface area (Å²) < 4.78 is 6.63. The van der Waals surface area contributed by atoms with Crippen molar-refractivity contribution in [2.45, 2.75) is 40.0 Å². The summed E-state index contributed by atoms with van der Waals surface area (Å²) in [5, 5.41) is 4.43. The van der Waals surface area contributed by atoms with Gasteiger partial charge in [-0.05, 0) is 56.0 Å². The molecule has 0 aliphatic carbocycles. The van der Waals surface area contributed by atoms with E-state index in [0.717, 1.165) is 23.6 Å². The summed E-state index contributed by atoms with van der Waals surface area (Å²) in [7, 11) is 1.61. The molecule has 0 radical (unpaired) electrons. The van der Waals surface area contributed by atoms with E-state index in [-0.39, 0.29) is 5.91 Å². The maximum atomic E-state index is 12.6. The van der Waals surface area contributed by atoms with Gasteiger partial charge in [0.05, 0.1) is 12.8 Å². The summed E-state index contributed by atoms with van der Waals surface area (Å²) in [6.45, 7) is 8.24. The second-order valence-corrected chi connectivity index (χ2v) is 5.34. The van der Waals surface area contributed by atoms with E-state index in [1.165, 1.54) is 10.2 Å². The van der Waals surface area contributed by atoms with E-state index in [0.29, 0.717) is 11.5 Å². The van der Waals surface area contributed by atoms with Gasteiger partial charge in [-0.25, -0.2) is 4.68 Å². The van der Waals surface area contributed by atoms with Crippen LogP contribution in [0.5, 0.6) is 5.75 Å². The largest absolute Gasteiger partial charge is 0.497 e. The first-order chi connectivity index (χ1) is 9.99. The summed E-state index contributed by atoms with van der Waals surface area (Å²) >= 11 is 0. The average Bonchev–Trinajstić information content (AvgIpc) is 2.80. The fraction of sp³-hybridized carbons (Fsp3) is 0.412. The third-order valence-electron chi connectivity index (χ3n) is 3.98. The monoisotopic (exact) mass is 286 g/mol. The lowest BCUT2D eigenvalue weighted by atomic mass is 9.97. The van der Waals surface area contributed by atoms with Crippen LogP contribution in [0.2, 0.25) is 0 Å². The Morgan fingerprint density at radius 2 is 1.90 bits per heavy atom. The van der Waals surface area contributed by atoms with Crippen molar-refractivity contribution in [2.75, 3.05) is 7.11 Å². The van der Waals surface area contributed by atoms with Gasteiger partial charge >= 0.3 is 0 Å². The Morgan fingerprint density at radius 1 is 1.29 bits per heavy atom. The smallest absolute Gasteiger partial charge is 0.278 e. The molecule has 0 amide bonds. The van der Waals surface area contributed by atoms with Gasteiger partial charge in [-0.3, -0.25) is 4.79 Å². The Labute approximate surface area is 125 Å². The van der Waals surface area contributed by atoms with Crippen molar-refractivity contribution in [2.24, 2.45) is 0 Å². The molecule has 0 saturated heterocycles. The minimum atomic E-state index is -0.104. The van der Waals surface area contributed by atoms with Gasteiger partial charge in [0.25, 0.3) is 5.91 Å². The molecule has 0 N–H and O–H groups in total. The molecule has 0 aliphatic heterocycles. The van der Waals surface area contributed by atoms with E-state index in [9.17, 15) is 4.79 Å². The van der Waals surface area contributed by atoms with Crippen LogP contribution in [0.3, 0.4) is 0 Å². The lowest BCUT2D eigenvalue weighted by Crippen LogP contribution is -2.15. The summed E-state index contributed by atoms with van der Waals surface area (Å²) in [4.78, 5) is 12.6. The summed E-state index contributed by atoms with van der Waals surface area (Å²) in [6, 6.07) is 7.10. The highest BCUT2D eigenvalue weighted by molar-refractivity contribution is 5.96. The van der Waals surface area contributed by atoms with Crippen LogP contribution in [0.25, 0.3) is 0 Å². The van der Waals surface area contributed by atoms with Crippen LogP contribution in [0.1, 0.15) is 53.5 Å². The molecular weight excluding hydrogens is 264 g/mol. The summed E-state index contributed by atoms with van der Waals surface area (Å²) in [5.74, 6) is 1.04. The molecule has 0 saturated carbocycles. The molecule has 0 bridgehead atoms.